The number of pyridine rings is 1. The molecule has 1 fully saturated rings. The number of aromatic nitrogens is 1. The second-order valence-corrected chi connectivity index (χ2v) is 9.42. The predicted octanol–water partition coefficient (Wildman–Crippen LogP) is 3.19. The molecule has 2 aliphatic rings. The number of aliphatic hydroxyl groups excluding tert-OH is 1. The first kappa shape index (κ1) is 21.5. The fourth-order valence-corrected chi connectivity index (χ4v) is 4.64. The normalized spacial score (nSPS) is 24.6. The number of aliphatic hydroxyl groups is 1. The summed E-state index contributed by atoms with van der Waals surface area (Å²) >= 11 is 3.41. The minimum Gasteiger partial charge on any atom is -0.472 e. The molecule has 1 aliphatic carbocycles. The molecular weight excluding hydrogens is 422 g/mol. The van der Waals surface area contributed by atoms with Crippen LogP contribution in [0.4, 0.5) is 0 Å². The zero-order valence-corrected chi connectivity index (χ0v) is 18.7. The van der Waals surface area contributed by atoms with Crippen molar-refractivity contribution in [1.29, 1.82) is 0 Å². The molecule has 6 nitrogen and oxygen atoms in total. The predicted molar refractivity (Wildman–Crippen MR) is 113 cm³/mol. The van der Waals surface area contributed by atoms with Gasteiger partial charge in [0.2, 0.25) is 5.88 Å². The van der Waals surface area contributed by atoms with Gasteiger partial charge in [0.15, 0.2) is 0 Å². The Balaban J connectivity index is 1.82. The van der Waals surface area contributed by atoms with E-state index in [1.807, 2.05) is 6.92 Å². The van der Waals surface area contributed by atoms with Crippen molar-refractivity contribution in [2.24, 2.45) is 11.8 Å². The van der Waals surface area contributed by atoms with E-state index in [-0.39, 0.29) is 30.6 Å². The maximum absolute atomic E-state index is 13.1. The number of halogens is 1. The number of fused-ring (bicyclic) bond motifs is 1. The summed E-state index contributed by atoms with van der Waals surface area (Å²) in [5.41, 5.74) is 0.449. The Hall–Kier alpha value is -1.18. The van der Waals surface area contributed by atoms with Gasteiger partial charge in [-0.05, 0) is 54.7 Å². The maximum atomic E-state index is 13.1. The number of nitrogens with zero attached hydrogens (tertiary/aromatic N) is 3. The van der Waals surface area contributed by atoms with Gasteiger partial charge >= 0.3 is 0 Å². The van der Waals surface area contributed by atoms with Crippen LogP contribution in [-0.2, 0) is 0 Å². The molecule has 0 aromatic carbocycles. The van der Waals surface area contributed by atoms with E-state index in [9.17, 15) is 9.90 Å². The molecule has 3 rings (SSSR count). The molecule has 1 saturated carbocycles. The van der Waals surface area contributed by atoms with Crippen molar-refractivity contribution in [2.75, 3.05) is 33.3 Å². The van der Waals surface area contributed by atoms with E-state index >= 15 is 0 Å². The summed E-state index contributed by atoms with van der Waals surface area (Å²) < 4.78 is 7.03. The molecule has 1 aromatic rings. The van der Waals surface area contributed by atoms with E-state index in [2.05, 4.69) is 39.8 Å². The molecule has 28 heavy (non-hydrogen) atoms. The van der Waals surface area contributed by atoms with E-state index < -0.39 is 0 Å². The SMILES string of the molecule is C[C@@H]1CN([C@@H](C)CO)C(=O)c2cc(Br)cnc2O[C@H]1CN(C)CC1CCCC1. The van der Waals surface area contributed by atoms with Crippen LogP contribution in [0.25, 0.3) is 0 Å². The molecule has 0 unspecified atom stereocenters. The zero-order chi connectivity index (χ0) is 20.3. The van der Waals surface area contributed by atoms with Gasteiger partial charge in [-0.25, -0.2) is 4.98 Å². The van der Waals surface area contributed by atoms with Crippen LogP contribution >= 0.6 is 15.9 Å². The first-order valence-electron chi connectivity index (χ1n) is 10.3. The number of hydrogen-bond acceptors (Lipinski definition) is 5. The maximum Gasteiger partial charge on any atom is 0.259 e. The molecule has 0 spiro atoms. The second-order valence-electron chi connectivity index (χ2n) is 8.50. The highest BCUT2D eigenvalue weighted by Gasteiger charge is 2.34. The molecule has 2 heterocycles. The number of rotatable bonds is 6. The Labute approximate surface area is 176 Å². The average molecular weight is 454 g/mol. The number of carbonyl (C=O) groups excluding carboxylic acids is 1. The molecular formula is C21H32BrN3O3. The topological polar surface area (TPSA) is 65.9 Å². The Morgan fingerprint density at radius 3 is 2.79 bits per heavy atom. The first-order valence-corrected chi connectivity index (χ1v) is 11.1. The van der Waals surface area contributed by atoms with Gasteiger partial charge in [-0.3, -0.25) is 4.79 Å². The van der Waals surface area contributed by atoms with Crippen molar-refractivity contribution in [2.45, 2.75) is 51.7 Å². The van der Waals surface area contributed by atoms with Crippen LogP contribution < -0.4 is 4.74 Å². The van der Waals surface area contributed by atoms with Crippen LogP contribution in [0.5, 0.6) is 5.88 Å². The van der Waals surface area contributed by atoms with Crippen LogP contribution in [-0.4, -0.2) is 71.2 Å². The van der Waals surface area contributed by atoms with Gasteiger partial charge in [0, 0.05) is 36.2 Å². The smallest absolute Gasteiger partial charge is 0.259 e. The van der Waals surface area contributed by atoms with Crippen LogP contribution in [0.15, 0.2) is 16.7 Å². The summed E-state index contributed by atoms with van der Waals surface area (Å²) in [5.74, 6) is 1.15. The lowest BCUT2D eigenvalue weighted by Crippen LogP contribution is -2.50. The quantitative estimate of drug-likeness (QED) is 0.716. The molecule has 1 aliphatic heterocycles. The number of carbonyl (C=O) groups is 1. The fourth-order valence-electron chi connectivity index (χ4n) is 4.31. The lowest BCUT2D eigenvalue weighted by molar-refractivity contribution is 0.0319. The van der Waals surface area contributed by atoms with E-state index in [0.29, 0.717) is 18.0 Å². The number of hydrogen-bond donors (Lipinski definition) is 1. The van der Waals surface area contributed by atoms with Crippen LogP contribution in [0.2, 0.25) is 0 Å². The summed E-state index contributed by atoms with van der Waals surface area (Å²) in [6.07, 6.45) is 6.92. The largest absolute Gasteiger partial charge is 0.472 e. The van der Waals surface area contributed by atoms with Crippen molar-refractivity contribution in [3.8, 4) is 5.88 Å². The highest BCUT2D eigenvalue weighted by Crippen LogP contribution is 2.29. The Morgan fingerprint density at radius 1 is 1.39 bits per heavy atom. The molecule has 1 N–H and O–H groups in total. The van der Waals surface area contributed by atoms with Crippen molar-refractivity contribution in [1.82, 2.24) is 14.8 Å². The minimum absolute atomic E-state index is 0.0671. The lowest BCUT2D eigenvalue weighted by Gasteiger charge is -2.38. The molecule has 0 saturated heterocycles. The van der Waals surface area contributed by atoms with Crippen LogP contribution in [0.1, 0.15) is 49.9 Å². The molecule has 156 valence electrons. The van der Waals surface area contributed by atoms with E-state index in [1.54, 1.807) is 17.2 Å². The second kappa shape index (κ2) is 9.55. The Bertz CT molecular complexity index is 681. The molecule has 1 aromatic heterocycles. The molecule has 0 radical (unpaired) electrons. The summed E-state index contributed by atoms with van der Waals surface area (Å²) in [4.78, 5) is 21.6. The van der Waals surface area contributed by atoms with Crippen molar-refractivity contribution in [3.63, 3.8) is 0 Å². The summed E-state index contributed by atoms with van der Waals surface area (Å²) in [6.45, 7) is 6.35. The monoisotopic (exact) mass is 453 g/mol. The molecule has 1 amide bonds. The standard InChI is InChI=1S/C21H32BrN3O3/c1-14-10-25(15(2)13-26)21(27)18-8-17(22)9-23-20(18)28-19(14)12-24(3)11-16-6-4-5-7-16/h8-9,14-16,19,26H,4-7,10-13H2,1-3H3/t14-,15+,19+/m1/s1. The summed E-state index contributed by atoms with van der Waals surface area (Å²) in [6, 6.07) is 1.51. The Kier molecular flexibility index (Phi) is 7.34. The van der Waals surface area contributed by atoms with E-state index in [1.165, 1.54) is 25.7 Å². The van der Waals surface area contributed by atoms with Gasteiger partial charge in [-0.1, -0.05) is 19.8 Å². The van der Waals surface area contributed by atoms with E-state index in [4.69, 9.17) is 4.74 Å². The van der Waals surface area contributed by atoms with Gasteiger partial charge < -0.3 is 19.6 Å². The summed E-state index contributed by atoms with van der Waals surface area (Å²) in [7, 11) is 2.16. The third-order valence-corrected chi connectivity index (χ3v) is 6.46. The van der Waals surface area contributed by atoms with Crippen molar-refractivity contribution in [3.05, 3.63) is 22.3 Å². The van der Waals surface area contributed by atoms with E-state index in [0.717, 1.165) is 23.5 Å². The number of likely N-dealkylation sites (N-methyl/N-ethyl adjacent to an activating group) is 1. The van der Waals surface area contributed by atoms with Gasteiger partial charge in [0.25, 0.3) is 5.91 Å². The van der Waals surface area contributed by atoms with Gasteiger partial charge in [-0.2, -0.15) is 0 Å². The van der Waals surface area contributed by atoms with Crippen molar-refractivity contribution >= 4 is 21.8 Å². The third kappa shape index (κ3) is 5.05. The molecule has 0 bridgehead atoms. The first-order chi connectivity index (χ1) is 13.4. The minimum atomic E-state index is -0.253. The molecule has 3 atom stereocenters. The Morgan fingerprint density at radius 2 is 2.11 bits per heavy atom. The average Bonchev–Trinajstić information content (AvgIpc) is 3.17. The molecule has 7 heteroatoms. The van der Waals surface area contributed by atoms with Gasteiger partial charge in [0.05, 0.1) is 12.6 Å². The highest BCUT2D eigenvalue weighted by atomic mass is 79.9. The van der Waals surface area contributed by atoms with Crippen LogP contribution in [0, 0.1) is 11.8 Å². The number of ether oxygens (including phenoxy) is 1. The zero-order valence-electron chi connectivity index (χ0n) is 17.1. The van der Waals surface area contributed by atoms with Gasteiger partial charge in [-0.15, -0.1) is 0 Å². The van der Waals surface area contributed by atoms with Crippen molar-refractivity contribution < 1.29 is 14.6 Å². The highest BCUT2D eigenvalue weighted by molar-refractivity contribution is 9.10. The number of amides is 1. The lowest BCUT2D eigenvalue weighted by atomic mass is 9.99. The third-order valence-electron chi connectivity index (χ3n) is 6.02. The van der Waals surface area contributed by atoms with Gasteiger partial charge in [0.1, 0.15) is 11.7 Å². The summed E-state index contributed by atoms with van der Waals surface area (Å²) in [5, 5.41) is 9.67. The van der Waals surface area contributed by atoms with Crippen LogP contribution in [0.3, 0.4) is 0 Å². The fraction of sp³-hybridized carbons (Fsp3) is 0.714.